The van der Waals surface area contributed by atoms with Gasteiger partial charge in [-0.05, 0) is 49.3 Å². The lowest BCUT2D eigenvalue weighted by atomic mass is 9.83. The van der Waals surface area contributed by atoms with E-state index in [0.29, 0.717) is 10.6 Å². The smallest absolute Gasteiger partial charge is 0.253 e. The largest absolute Gasteiger partial charge is 0.347 e. The van der Waals surface area contributed by atoms with Gasteiger partial charge in [0.1, 0.15) is 0 Å². The average molecular weight is 310 g/mol. The van der Waals surface area contributed by atoms with Gasteiger partial charge < -0.3 is 5.32 Å². The monoisotopic (exact) mass is 309 g/mol. The van der Waals surface area contributed by atoms with Crippen molar-refractivity contribution < 1.29 is 4.79 Å². The molecule has 0 aliphatic carbocycles. The molecule has 0 aromatic heterocycles. The Kier molecular flexibility index (Phi) is 5.15. The van der Waals surface area contributed by atoms with E-state index in [-0.39, 0.29) is 22.8 Å². The second kappa shape index (κ2) is 6.00. The SMILES string of the molecule is CC(C)c1cc(C(C)(C)C)cc(C(=O)NC(C)(C)C)c1Cl. The number of nitrogens with one attached hydrogen (secondary N) is 1. The van der Waals surface area contributed by atoms with Crippen LogP contribution in [0.2, 0.25) is 5.02 Å². The molecule has 3 heteroatoms. The number of carbonyl (C=O) groups excluding carboxylic acids is 1. The molecule has 1 rings (SSSR count). The lowest BCUT2D eigenvalue weighted by Gasteiger charge is -2.25. The van der Waals surface area contributed by atoms with Gasteiger partial charge in [0.05, 0.1) is 10.6 Å². The number of halogens is 1. The third-order valence-corrected chi connectivity index (χ3v) is 3.74. The van der Waals surface area contributed by atoms with Gasteiger partial charge in [-0.2, -0.15) is 0 Å². The Morgan fingerprint density at radius 2 is 1.62 bits per heavy atom. The van der Waals surface area contributed by atoms with Crippen LogP contribution in [0.3, 0.4) is 0 Å². The first kappa shape index (κ1) is 18.0. The molecule has 0 atom stereocenters. The quantitative estimate of drug-likeness (QED) is 0.790. The van der Waals surface area contributed by atoms with Crippen molar-refractivity contribution in [2.75, 3.05) is 0 Å². The maximum absolute atomic E-state index is 12.5. The lowest BCUT2D eigenvalue weighted by Crippen LogP contribution is -2.40. The highest BCUT2D eigenvalue weighted by Gasteiger charge is 2.24. The van der Waals surface area contributed by atoms with E-state index in [1.807, 2.05) is 26.8 Å². The normalized spacial score (nSPS) is 12.7. The van der Waals surface area contributed by atoms with E-state index in [4.69, 9.17) is 11.6 Å². The van der Waals surface area contributed by atoms with Crippen LogP contribution in [-0.2, 0) is 5.41 Å². The van der Waals surface area contributed by atoms with E-state index >= 15 is 0 Å². The second-order valence-corrected chi connectivity index (χ2v) is 8.41. The zero-order valence-corrected chi connectivity index (χ0v) is 15.3. The zero-order valence-electron chi connectivity index (χ0n) is 14.5. The van der Waals surface area contributed by atoms with Gasteiger partial charge in [-0.1, -0.05) is 52.3 Å². The molecule has 21 heavy (non-hydrogen) atoms. The highest BCUT2D eigenvalue weighted by atomic mass is 35.5. The molecule has 1 amide bonds. The predicted octanol–water partition coefficient (Wildman–Crippen LogP) is 5.29. The maximum atomic E-state index is 12.5. The van der Waals surface area contributed by atoms with Crippen molar-refractivity contribution in [2.45, 2.75) is 72.3 Å². The van der Waals surface area contributed by atoms with Gasteiger partial charge in [0.25, 0.3) is 5.91 Å². The molecule has 0 fully saturated rings. The molecule has 2 nitrogen and oxygen atoms in total. The fourth-order valence-electron chi connectivity index (χ4n) is 2.07. The van der Waals surface area contributed by atoms with Crippen molar-refractivity contribution in [1.29, 1.82) is 0 Å². The van der Waals surface area contributed by atoms with Gasteiger partial charge >= 0.3 is 0 Å². The maximum Gasteiger partial charge on any atom is 0.253 e. The standard InChI is InChI=1S/C18H28ClNO/c1-11(2)13-9-12(17(3,4)5)10-14(15(13)19)16(21)20-18(6,7)8/h9-11H,1-8H3,(H,20,21). The fraction of sp³-hybridized carbons (Fsp3) is 0.611. The van der Waals surface area contributed by atoms with Crippen LogP contribution in [0.4, 0.5) is 0 Å². The van der Waals surface area contributed by atoms with Gasteiger partial charge in [0.15, 0.2) is 0 Å². The Balaban J connectivity index is 3.43. The van der Waals surface area contributed by atoms with Crippen LogP contribution in [0.15, 0.2) is 12.1 Å². The summed E-state index contributed by atoms with van der Waals surface area (Å²) in [6, 6.07) is 4.05. The highest BCUT2D eigenvalue weighted by Crippen LogP contribution is 2.34. The summed E-state index contributed by atoms with van der Waals surface area (Å²) in [4.78, 5) is 12.5. The van der Waals surface area contributed by atoms with Crippen LogP contribution in [0.1, 0.15) is 82.8 Å². The van der Waals surface area contributed by atoms with Crippen LogP contribution in [0.25, 0.3) is 0 Å². The van der Waals surface area contributed by atoms with Crippen molar-refractivity contribution in [2.24, 2.45) is 0 Å². The van der Waals surface area contributed by atoms with Crippen LogP contribution in [-0.4, -0.2) is 11.4 Å². The number of amides is 1. The summed E-state index contributed by atoms with van der Waals surface area (Å²) >= 11 is 6.49. The van der Waals surface area contributed by atoms with E-state index in [2.05, 4.69) is 46.0 Å². The molecule has 0 heterocycles. The number of rotatable bonds is 2. The second-order valence-electron chi connectivity index (χ2n) is 8.04. The third-order valence-electron chi connectivity index (χ3n) is 3.32. The first-order chi connectivity index (χ1) is 9.33. The van der Waals surface area contributed by atoms with Gasteiger partial charge in [-0.25, -0.2) is 0 Å². The Bertz CT molecular complexity index is 533. The minimum atomic E-state index is -0.282. The van der Waals surface area contributed by atoms with Gasteiger partial charge in [-0.15, -0.1) is 0 Å². The van der Waals surface area contributed by atoms with Crippen LogP contribution in [0, 0.1) is 0 Å². The molecule has 1 aromatic rings. The molecule has 0 radical (unpaired) electrons. The molecule has 0 unspecified atom stereocenters. The van der Waals surface area contributed by atoms with Crippen molar-refractivity contribution in [3.05, 3.63) is 33.8 Å². The topological polar surface area (TPSA) is 29.1 Å². The number of hydrogen-bond donors (Lipinski definition) is 1. The summed E-state index contributed by atoms with van der Waals surface area (Å²) in [5.41, 5.74) is 2.43. The number of hydrogen-bond acceptors (Lipinski definition) is 1. The van der Waals surface area contributed by atoms with Gasteiger partial charge in [0.2, 0.25) is 0 Å². The molecule has 0 aliphatic rings. The lowest BCUT2D eigenvalue weighted by molar-refractivity contribution is 0.0919. The van der Waals surface area contributed by atoms with Crippen LogP contribution >= 0.6 is 11.6 Å². The molecular formula is C18H28ClNO. The summed E-state index contributed by atoms with van der Waals surface area (Å²) in [6.07, 6.45) is 0. The number of benzene rings is 1. The van der Waals surface area contributed by atoms with Crippen LogP contribution in [0.5, 0.6) is 0 Å². The Labute approximate surface area is 134 Å². The van der Waals surface area contributed by atoms with E-state index in [9.17, 15) is 4.79 Å². The van der Waals surface area contributed by atoms with Gasteiger partial charge in [0, 0.05) is 5.54 Å². The molecule has 0 aliphatic heterocycles. The van der Waals surface area contributed by atoms with Gasteiger partial charge in [-0.3, -0.25) is 4.79 Å². The first-order valence-electron chi connectivity index (χ1n) is 7.49. The molecule has 1 N–H and O–H groups in total. The van der Waals surface area contributed by atoms with E-state index < -0.39 is 0 Å². The minimum absolute atomic E-state index is 0.0228. The molecule has 118 valence electrons. The van der Waals surface area contributed by atoms with E-state index in [0.717, 1.165) is 11.1 Å². The molecule has 0 bridgehead atoms. The van der Waals surface area contributed by atoms with Crippen molar-refractivity contribution >= 4 is 17.5 Å². The third kappa shape index (κ3) is 4.74. The summed E-state index contributed by atoms with van der Waals surface area (Å²) < 4.78 is 0. The first-order valence-corrected chi connectivity index (χ1v) is 7.87. The summed E-state index contributed by atoms with van der Waals surface area (Å²) in [5, 5.41) is 3.57. The summed E-state index contributed by atoms with van der Waals surface area (Å²) in [6.45, 7) is 16.5. The Morgan fingerprint density at radius 1 is 1.10 bits per heavy atom. The summed E-state index contributed by atoms with van der Waals surface area (Å²) in [7, 11) is 0. The highest BCUT2D eigenvalue weighted by molar-refractivity contribution is 6.34. The molecule has 0 spiro atoms. The zero-order chi connectivity index (χ0) is 16.6. The summed E-state index contributed by atoms with van der Waals surface area (Å²) in [5.74, 6) is 0.168. The Hall–Kier alpha value is -1.02. The molecule has 0 saturated heterocycles. The van der Waals surface area contributed by atoms with E-state index in [1.165, 1.54) is 0 Å². The fourth-order valence-corrected chi connectivity index (χ4v) is 2.49. The molecular weight excluding hydrogens is 282 g/mol. The van der Waals surface area contributed by atoms with Crippen molar-refractivity contribution in [1.82, 2.24) is 5.32 Å². The number of carbonyl (C=O) groups is 1. The van der Waals surface area contributed by atoms with Crippen molar-refractivity contribution in [3.63, 3.8) is 0 Å². The van der Waals surface area contributed by atoms with Crippen LogP contribution < -0.4 is 5.32 Å². The van der Waals surface area contributed by atoms with E-state index in [1.54, 1.807) is 0 Å². The average Bonchev–Trinajstić information content (AvgIpc) is 2.24. The predicted molar refractivity (Wildman–Crippen MR) is 91.5 cm³/mol. The molecule has 1 aromatic carbocycles. The minimum Gasteiger partial charge on any atom is -0.347 e. The van der Waals surface area contributed by atoms with Crippen molar-refractivity contribution in [3.8, 4) is 0 Å². The molecule has 0 saturated carbocycles. The Morgan fingerprint density at radius 3 is 2.00 bits per heavy atom.